The number of likely N-dealkylation sites (tertiary alicyclic amines) is 1. The minimum Gasteiger partial charge on any atom is -0.353 e. The van der Waals surface area contributed by atoms with Crippen molar-refractivity contribution in [1.29, 1.82) is 0 Å². The Morgan fingerprint density at radius 1 is 1.17 bits per heavy atom. The van der Waals surface area contributed by atoms with E-state index in [9.17, 15) is 0 Å². The van der Waals surface area contributed by atoms with Crippen LogP contribution in [0.5, 0.6) is 0 Å². The fourth-order valence-corrected chi connectivity index (χ4v) is 3.08. The molecular weight excluding hydrogens is 302 g/mol. The first-order valence-electron chi connectivity index (χ1n) is 8.31. The van der Waals surface area contributed by atoms with E-state index in [2.05, 4.69) is 35.5 Å². The van der Waals surface area contributed by atoms with Gasteiger partial charge in [0.1, 0.15) is 0 Å². The van der Waals surface area contributed by atoms with Crippen molar-refractivity contribution in [2.45, 2.75) is 12.5 Å². The third-order valence-electron chi connectivity index (χ3n) is 4.28. The minimum absolute atomic E-state index is 0.429. The molecule has 1 aliphatic rings. The highest BCUT2D eigenvalue weighted by molar-refractivity contribution is 5.77. The highest BCUT2D eigenvalue weighted by atomic mass is 15.2. The summed E-state index contributed by atoms with van der Waals surface area (Å²) in [5.41, 5.74) is 2.07. The van der Waals surface area contributed by atoms with E-state index in [1.807, 2.05) is 30.3 Å². The summed E-state index contributed by atoms with van der Waals surface area (Å²) in [4.78, 5) is 18.7. The lowest BCUT2D eigenvalue weighted by atomic mass is 10.3. The summed E-state index contributed by atoms with van der Waals surface area (Å²) in [7, 11) is 0. The number of anilines is 2. The lowest BCUT2D eigenvalue weighted by Crippen LogP contribution is -2.30. The van der Waals surface area contributed by atoms with Crippen molar-refractivity contribution in [2.24, 2.45) is 0 Å². The van der Waals surface area contributed by atoms with Gasteiger partial charge in [-0.2, -0.15) is 0 Å². The predicted molar refractivity (Wildman–Crippen MR) is 95.1 cm³/mol. The van der Waals surface area contributed by atoms with Crippen molar-refractivity contribution in [3.05, 3.63) is 42.7 Å². The number of nitrogens with one attached hydrogen (secondary N) is 3. The van der Waals surface area contributed by atoms with Gasteiger partial charge in [-0.1, -0.05) is 12.1 Å². The third kappa shape index (κ3) is 3.46. The number of hydrogen-bond acceptors (Lipinski definition) is 6. The standard InChI is InChI=1S/C17H21N7/c1-2-5-15-14(4-1)22-17(23-15)21-13-6-10-24(12-13)11-9-20-16-18-7-3-8-19-16/h1-5,7-8,13H,6,9-12H2,(H,18,19,20)(H2,21,22,23). The summed E-state index contributed by atoms with van der Waals surface area (Å²) in [6.07, 6.45) is 4.62. The van der Waals surface area contributed by atoms with E-state index in [-0.39, 0.29) is 0 Å². The van der Waals surface area contributed by atoms with E-state index in [4.69, 9.17) is 0 Å². The number of aromatic nitrogens is 4. The maximum absolute atomic E-state index is 4.59. The Morgan fingerprint density at radius 3 is 2.92 bits per heavy atom. The number of nitrogens with zero attached hydrogens (tertiary/aromatic N) is 4. The topological polar surface area (TPSA) is 81.8 Å². The van der Waals surface area contributed by atoms with Gasteiger partial charge in [-0.3, -0.25) is 4.90 Å². The molecule has 0 amide bonds. The third-order valence-corrected chi connectivity index (χ3v) is 4.28. The van der Waals surface area contributed by atoms with Gasteiger partial charge in [0.25, 0.3) is 0 Å². The summed E-state index contributed by atoms with van der Waals surface area (Å²) >= 11 is 0. The van der Waals surface area contributed by atoms with Crippen LogP contribution < -0.4 is 10.6 Å². The molecule has 1 aliphatic heterocycles. The van der Waals surface area contributed by atoms with Crippen molar-refractivity contribution >= 4 is 22.9 Å². The largest absolute Gasteiger partial charge is 0.353 e. The molecule has 24 heavy (non-hydrogen) atoms. The fraction of sp³-hybridized carbons (Fsp3) is 0.353. The molecule has 0 radical (unpaired) electrons. The fourth-order valence-electron chi connectivity index (χ4n) is 3.08. The number of imidazole rings is 1. The Hall–Kier alpha value is -2.67. The normalized spacial score (nSPS) is 18.1. The van der Waals surface area contributed by atoms with Crippen molar-refractivity contribution in [2.75, 3.05) is 36.8 Å². The first-order chi connectivity index (χ1) is 11.9. The van der Waals surface area contributed by atoms with Crippen LogP contribution in [0.25, 0.3) is 11.0 Å². The summed E-state index contributed by atoms with van der Waals surface area (Å²) in [5, 5.41) is 6.77. The van der Waals surface area contributed by atoms with Crippen LogP contribution in [0.15, 0.2) is 42.7 Å². The van der Waals surface area contributed by atoms with Gasteiger partial charge in [0.2, 0.25) is 11.9 Å². The smallest absolute Gasteiger partial charge is 0.222 e. The zero-order valence-corrected chi connectivity index (χ0v) is 13.4. The molecule has 1 saturated heterocycles. The number of benzene rings is 1. The first kappa shape index (κ1) is 14.9. The highest BCUT2D eigenvalue weighted by Crippen LogP contribution is 2.17. The Kier molecular flexibility index (Phi) is 4.24. The zero-order valence-electron chi connectivity index (χ0n) is 13.4. The summed E-state index contributed by atoms with van der Waals surface area (Å²) in [5.74, 6) is 1.55. The zero-order chi connectivity index (χ0) is 16.2. The van der Waals surface area contributed by atoms with E-state index in [1.54, 1.807) is 12.4 Å². The van der Waals surface area contributed by atoms with Gasteiger partial charge in [0, 0.05) is 44.6 Å². The molecule has 1 fully saturated rings. The molecule has 7 heteroatoms. The van der Waals surface area contributed by atoms with Gasteiger partial charge in [-0.05, 0) is 24.6 Å². The van der Waals surface area contributed by atoms with E-state index < -0.39 is 0 Å². The summed E-state index contributed by atoms with van der Waals surface area (Å²) in [6, 6.07) is 10.3. The Labute approximate surface area is 140 Å². The van der Waals surface area contributed by atoms with Gasteiger partial charge >= 0.3 is 0 Å². The van der Waals surface area contributed by atoms with Crippen LogP contribution in [-0.4, -0.2) is 57.1 Å². The summed E-state index contributed by atoms with van der Waals surface area (Å²) < 4.78 is 0. The predicted octanol–water partition coefficient (Wildman–Crippen LogP) is 1.95. The van der Waals surface area contributed by atoms with E-state index >= 15 is 0 Å². The Balaban J connectivity index is 1.25. The van der Waals surface area contributed by atoms with E-state index in [0.717, 1.165) is 49.6 Å². The van der Waals surface area contributed by atoms with Crippen molar-refractivity contribution in [3.8, 4) is 0 Å². The molecule has 0 bridgehead atoms. The van der Waals surface area contributed by atoms with E-state index in [0.29, 0.717) is 12.0 Å². The number of H-pyrrole nitrogens is 1. The second-order valence-electron chi connectivity index (χ2n) is 6.03. The molecule has 0 saturated carbocycles. The van der Waals surface area contributed by atoms with Crippen molar-refractivity contribution < 1.29 is 0 Å². The monoisotopic (exact) mass is 323 g/mol. The van der Waals surface area contributed by atoms with Crippen LogP contribution in [-0.2, 0) is 0 Å². The number of rotatable bonds is 6. The van der Waals surface area contributed by atoms with E-state index in [1.165, 1.54) is 0 Å². The van der Waals surface area contributed by atoms with Crippen LogP contribution in [0, 0.1) is 0 Å². The van der Waals surface area contributed by atoms with Gasteiger partial charge in [0.05, 0.1) is 11.0 Å². The van der Waals surface area contributed by atoms with Crippen LogP contribution in [0.1, 0.15) is 6.42 Å². The molecule has 3 heterocycles. The van der Waals surface area contributed by atoms with Crippen LogP contribution >= 0.6 is 0 Å². The average molecular weight is 323 g/mol. The summed E-state index contributed by atoms with van der Waals surface area (Å²) in [6.45, 7) is 3.95. The molecule has 0 aliphatic carbocycles. The Bertz CT molecular complexity index is 753. The van der Waals surface area contributed by atoms with Gasteiger partial charge < -0.3 is 15.6 Å². The lowest BCUT2D eigenvalue weighted by Gasteiger charge is -2.16. The number of para-hydroxylation sites is 2. The number of hydrogen-bond donors (Lipinski definition) is 3. The number of aromatic amines is 1. The van der Waals surface area contributed by atoms with Gasteiger partial charge in [0.15, 0.2) is 0 Å². The second kappa shape index (κ2) is 6.84. The minimum atomic E-state index is 0.429. The molecule has 4 rings (SSSR count). The molecule has 1 atom stereocenters. The van der Waals surface area contributed by atoms with Crippen molar-refractivity contribution in [1.82, 2.24) is 24.8 Å². The number of fused-ring (bicyclic) bond motifs is 1. The first-order valence-corrected chi connectivity index (χ1v) is 8.31. The Morgan fingerprint density at radius 2 is 2.04 bits per heavy atom. The maximum Gasteiger partial charge on any atom is 0.222 e. The van der Waals surface area contributed by atoms with Crippen LogP contribution in [0.3, 0.4) is 0 Å². The molecule has 2 aromatic heterocycles. The quantitative estimate of drug-likeness (QED) is 0.643. The second-order valence-corrected chi connectivity index (χ2v) is 6.03. The van der Waals surface area contributed by atoms with Gasteiger partial charge in [-0.15, -0.1) is 0 Å². The molecule has 3 aromatic rings. The van der Waals surface area contributed by atoms with Crippen LogP contribution in [0.4, 0.5) is 11.9 Å². The van der Waals surface area contributed by atoms with Gasteiger partial charge in [-0.25, -0.2) is 15.0 Å². The highest BCUT2D eigenvalue weighted by Gasteiger charge is 2.22. The lowest BCUT2D eigenvalue weighted by molar-refractivity contribution is 0.349. The molecular formula is C17H21N7. The average Bonchev–Trinajstić information content (AvgIpc) is 3.22. The van der Waals surface area contributed by atoms with Crippen LogP contribution in [0.2, 0.25) is 0 Å². The van der Waals surface area contributed by atoms with Crippen molar-refractivity contribution in [3.63, 3.8) is 0 Å². The molecule has 7 nitrogen and oxygen atoms in total. The molecule has 124 valence electrons. The molecule has 1 unspecified atom stereocenters. The maximum atomic E-state index is 4.59. The SMILES string of the molecule is c1cnc(NCCN2CCC(Nc3nc4ccccc4[nH]3)C2)nc1. The molecule has 1 aromatic carbocycles. The molecule has 0 spiro atoms. The molecule has 3 N–H and O–H groups in total.